The van der Waals surface area contributed by atoms with Crippen LogP contribution in [0.1, 0.15) is 24.8 Å². The summed E-state index contributed by atoms with van der Waals surface area (Å²) in [5, 5.41) is 3.42. The molecule has 3 fully saturated rings. The van der Waals surface area contributed by atoms with Gasteiger partial charge in [-0.25, -0.2) is 0 Å². The number of nitrogens with one attached hydrogen (secondary N) is 1. The third-order valence-corrected chi connectivity index (χ3v) is 6.33. The number of rotatable bonds is 4. The van der Waals surface area contributed by atoms with Crippen LogP contribution in [-0.4, -0.2) is 79.0 Å². The van der Waals surface area contributed by atoms with E-state index in [1.54, 1.807) is 0 Å². The molecule has 3 aliphatic heterocycles. The molecule has 0 aromatic heterocycles. The van der Waals surface area contributed by atoms with Gasteiger partial charge in [0.1, 0.15) is 0 Å². The topological polar surface area (TPSA) is 38.8 Å². The van der Waals surface area contributed by atoms with Crippen LogP contribution in [0.15, 0.2) is 30.3 Å². The number of piperidine rings is 1. The van der Waals surface area contributed by atoms with Crippen molar-refractivity contribution in [3.05, 3.63) is 35.9 Å². The number of hydrogen-bond donors (Lipinski definition) is 1. The first kappa shape index (κ1) is 18.0. The van der Waals surface area contributed by atoms with E-state index in [9.17, 15) is 4.79 Å². The molecule has 142 valence electrons. The minimum absolute atomic E-state index is 0.240. The van der Waals surface area contributed by atoms with Gasteiger partial charge in [-0.15, -0.1) is 0 Å². The molecule has 1 atom stereocenters. The van der Waals surface area contributed by atoms with E-state index in [4.69, 9.17) is 0 Å². The van der Waals surface area contributed by atoms with Gasteiger partial charge in [0.2, 0.25) is 5.91 Å². The summed E-state index contributed by atoms with van der Waals surface area (Å²) in [6.07, 6.45) is 3.18. The maximum absolute atomic E-state index is 13.0. The van der Waals surface area contributed by atoms with E-state index < -0.39 is 0 Å². The van der Waals surface area contributed by atoms with Crippen LogP contribution in [0.5, 0.6) is 0 Å². The van der Waals surface area contributed by atoms with Crippen molar-refractivity contribution in [3.63, 3.8) is 0 Å². The van der Waals surface area contributed by atoms with Crippen molar-refractivity contribution >= 4 is 5.91 Å². The summed E-state index contributed by atoms with van der Waals surface area (Å²) in [6.45, 7) is 9.43. The van der Waals surface area contributed by atoms with Crippen LogP contribution in [0.2, 0.25) is 0 Å². The van der Waals surface area contributed by atoms with Gasteiger partial charge in [0.15, 0.2) is 0 Å². The largest absolute Gasteiger partial charge is 0.341 e. The fourth-order valence-corrected chi connectivity index (χ4v) is 4.73. The Morgan fingerprint density at radius 2 is 1.69 bits per heavy atom. The molecule has 0 aliphatic carbocycles. The highest BCUT2D eigenvalue weighted by molar-refractivity contribution is 5.79. The van der Waals surface area contributed by atoms with Crippen LogP contribution in [0.25, 0.3) is 0 Å². The first-order chi connectivity index (χ1) is 12.8. The number of hydrogen-bond acceptors (Lipinski definition) is 4. The first-order valence-electron chi connectivity index (χ1n) is 10.3. The number of benzene rings is 1. The zero-order chi connectivity index (χ0) is 17.8. The second kappa shape index (κ2) is 8.51. The van der Waals surface area contributed by atoms with Crippen LogP contribution in [-0.2, 0) is 11.3 Å². The van der Waals surface area contributed by atoms with E-state index in [2.05, 4.69) is 50.3 Å². The summed E-state index contributed by atoms with van der Waals surface area (Å²) in [6, 6.07) is 11.2. The van der Waals surface area contributed by atoms with Gasteiger partial charge in [0, 0.05) is 57.8 Å². The molecule has 0 saturated carbocycles. The predicted molar refractivity (Wildman–Crippen MR) is 104 cm³/mol. The number of carbonyl (C=O) groups is 1. The average Bonchev–Trinajstić information content (AvgIpc) is 3.20. The Balaban J connectivity index is 1.23. The third-order valence-electron chi connectivity index (χ3n) is 6.33. The molecule has 3 saturated heterocycles. The molecule has 0 radical (unpaired) electrons. The number of piperazine rings is 1. The molecule has 0 spiro atoms. The molecule has 5 heteroatoms. The van der Waals surface area contributed by atoms with Crippen molar-refractivity contribution < 1.29 is 4.79 Å². The van der Waals surface area contributed by atoms with Crippen LogP contribution < -0.4 is 5.32 Å². The van der Waals surface area contributed by atoms with Crippen LogP contribution >= 0.6 is 0 Å². The zero-order valence-electron chi connectivity index (χ0n) is 15.8. The van der Waals surface area contributed by atoms with Crippen molar-refractivity contribution in [3.8, 4) is 0 Å². The molecule has 5 nitrogen and oxygen atoms in total. The molecule has 0 bridgehead atoms. The molecular formula is C21H32N4O. The van der Waals surface area contributed by atoms with Gasteiger partial charge >= 0.3 is 0 Å². The fourth-order valence-electron chi connectivity index (χ4n) is 4.73. The highest BCUT2D eigenvalue weighted by Crippen LogP contribution is 2.24. The highest BCUT2D eigenvalue weighted by atomic mass is 16.2. The molecule has 3 heterocycles. The van der Waals surface area contributed by atoms with Gasteiger partial charge in [-0.1, -0.05) is 30.3 Å². The van der Waals surface area contributed by atoms with Crippen molar-refractivity contribution in [1.82, 2.24) is 20.0 Å². The van der Waals surface area contributed by atoms with E-state index in [1.165, 1.54) is 5.56 Å². The van der Waals surface area contributed by atoms with Crippen LogP contribution in [0, 0.1) is 5.92 Å². The lowest BCUT2D eigenvalue weighted by molar-refractivity contribution is -0.136. The summed E-state index contributed by atoms with van der Waals surface area (Å²) in [4.78, 5) is 20.2. The van der Waals surface area contributed by atoms with E-state index in [1.807, 2.05) is 0 Å². The monoisotopic (exact) mass is 356 g/mol. The number of nitrogens with zero attached hydrogens (tertiary/aromatic N) is 3. The zero-order valence-corrected chi connectivity index (χ0v) is 15.8. The highest BCUT2D eigenvalue weighted by Gasteiger charge is 2.35. The van der Waals surface area contributed by atoms with Gasteiger partial charge in [0.25, 0.3) is 0 Å². The number of likely N-dealkylation sites (tertiary alicyclic amines) is 2. The maximum Gasteiger partial charge on any atom is 0.225 e. The third kappa shape index (κ3) is 4.27. The Labute approximate surface area is 157 Å². The maximum atomic E-state index is 13.0. The SMILES string of the molecule is O=C(C1CCN(Cc2ccccc2)CC1)N1CCC(N2CCNCC2)C1. The lowest BCUT2D eigenvalue weighted by Gasteiger charge is -2.34. The van der Waals surface area contributed by atoms with Crippen LogP contribution in [0.4, 0.5) is 0 Å². The minimum atomic E-state index is 0.240. The lowest BCUT2D eigenvalue weighted by Crippen LogP contribution is -2.50. The van der Waals surface area contributed by atoms with E-state index >= 15 is 0 Å². The molecule has 1 amide bonds. The van der Waals surface area contributed by atoms with Crippen molar-refractivity contribution in [2.75, 3.05) is 52.4 Å². The second-order valence-electron chi connectivity index (χ2n) is 8.05. The minimum Gasteiger partial charge on any atom is -0.341 e. The van der Waals surface area contributed by atoms with E-state index in [0.717, 1.165) is 78.2 Å². The van der Waals surface area contributed by atoms with Gasteiger partial charge in [-0.3, -0.25) is 14.6 Å². The smallest absolute Gasteiger partial charge is 0.225 e. The summed E-state index contributed by atoms with van der Waals surface area (Å²) in [7, 11) is 0. The first-order valence-corrected chi connectivity index (χ1v) is 10.3. The standard InChI is InChI=1S/C21H32N4O/c26-21(25-13-8-20(17-25)24-14-9-22-10-15-24)19-6-11-23(12-7-19)16-18-4-2-1-3-5-18/h1-5,19-20,22H,6-17H2. The van der Waals surface area contributed by atoms with Crippen molar-refractivity contribution in [2.24, 2.45) is 5.92 Å². The Bertz CT molecular complexity index is 579. The molecule has 1 aromatic carbocycles. The summed E-state index contributed by atoms with van der Waals surface area (Å²) in [5.74, 6) is 0.658. The molecule has 3 aliphatic rings. The quantitative estimate of drug-likeness (QED) is 0.885. The molecule has 1 unspecified atom stereocenters. The Hall–Kier alpha value is -1.43. The Kier molecular flexibility index (Phi) is 5.88. The van der Waals surface area contributed by atoms with E-state index in [-0.39, 0.29) is 5.92 Å². The second-order valence-corrected chi connectivity index (χ2v) is 8.05. The molecule has 26 heavy (non-hydrogen) atoms. The van der Waals surface area contributed by atoms with Crippen molar-refractivity contribution in [2.45, 2.75) is 31.8 Å². The summed E-state index contributed by atoms with van der Waals surface area (Å²) >= 11 is 0. The normalized spacial score (nSPS) is 26.3. The van der Waals surface area contributed by atoms with Gasteiger partial charge in [-0.05, 0) is 37.9 Å². The van der Waals surface area contributed by atoms with Crippen LogP contribution in [0.3, 0.4) is 0 Å². The number of carbonyl (C=O) groups excluding carboxylic acids is 1. The van der Waals surface area contributed by atoms with Crippen molar-refractivity contribution in [1.29, 1.82) is 0 Å². The molecule has 1 aromatic rings. The fraction of sp³-hybridized carbons (Fsp3) is 0.667. The predicted octanol–water partition coefficient (Wildman–Crippen LogP) is 1.40. The number of amides is 1. The Morgan fingerprint density at radius 3 is 2.42 bits per heavy atom. The molecular weight excluding hydrogens is 324 g/mol. The summed E-state index contributed by atoms with van der Waals surface area (Å²) in [5.41, 5.74) is 1.37. The van der Waals surface area contributed by atoms with Gasteiger partial charge in [0.05, 0.1) is 0 Å². The molecule has 4 rings (SSSR count). The molecule has 1 N–H and O–H groups in total. The summed E-state index contributed by atoms with van der Waals surface area (Å²) < 4.78 is 0. The lowest BCUT2D eigenvalue weighted by atomic mass is 9.95. The average molecular weight is 357 g/mol. The van der Waals surface area contributed by atoms with E-state index in [0.29, 0.717) is 11.9 Å². The Morgan fingerprint density at radius 1 is 0.962 bits per heavy atom. The van der Waals surface area contributed by atoms with Gasteiger partial charge in [-0.2, -0.15) is 0 Å². The van der Waals surface area contributed by atoms with Gasteiger partial charge < -0.3 is 10.2 Å².